The largest absolute Gasteiger partial charge is 0.306 e. The van der Waals surface area contributed by atoms with Gasteiger partial charge in [-0.15, -0.1) is 0 Å². The van der Waals surface area contributed by atoms with E-state index in [0.29, 0.717) is 24.3 Å². The molecule has 0 aromatic heterocycles. The fourth-order valence-corrected chi connectivity index (χ4v) is 7.56. The highest BCUT2D eigenvalue weighted by molar-refractivity contribution is 8.78. The Balaban J connectivity index is 3.77. The zero-order chi connectivity index (χ0) is 19.6. The van der Waals surface area contributed by atoms with Crippen molar-refractivity contribution in [3.05, 3.63) is 20.9 Å². The molecule has 26 heavy (non-hydrogen) atoms. The number of hydrogen-bond acceptors (Lipinski definition) is 8. The van der Waals surface area contributed by atoms with Crippen molar-refractivity contribution < 1.29 is 17.5 Å². The second-order valence-corrected chi connectivity index (χ2v) is 11.9. The minimum Gasteiger partial charge on any atom is -0.306 e. The van der Waals surface area contributed by atoms with Crippen molar-refractivity contribution in [2.45, 2.75) is 24.9 Å². The van der Waals surface area contributed by atoms with Crippen LogP contribution in [0.15, 0.2) is 10.2 Å². The van der Waals surface area contributed by atoms with Crippen LogP contribution in [0.2, 0.25) is 0 Å². The first kappa shape index (κ1) is 26.2. The van der Waals surface area contributed by atoms with Gasteiger partial charge in [0.1, 0.15) is 0 Å². The van der Waals surface area contributed by atoms with E-state index in [1.165, 1.54) is 0 Å². The molecule has 4 atom stereocenters. The van der Waals surface area contributed by atoms with Crippen LogP contribution in [0.4, 0.5) is 0 Å². The third kappa shape index (κ3) is 17.6. The summed E-state index contributed by atoms with van der Waals surface area (Å²) in [6, 6.07) is -0.588. The second-order valence-electron chi connectivity index (χ2n) is 4.56. The quantitative estimate of drug-likeness (QED) is 0.0772. The number of hydrogen-bond donors (Lipinski definition) is 2. The topological polar surface area (TPSA) is 172 Å². The van der Waals surface area contributed by atoms with Gasteiger partial charge in [-0.3, -0.25) is 0 Å². The van der Waals surface area contributed by atoms with E-state index < -0.39 is 22.2 Å². The van der Waals surface area contributed by atoms with Gasteiger partial charge in [0.15, 0.2) is 22.2 Å². The van der Waals surface area contributed by atoms with Crippen molar-refractivity contribution >= 4 is 65.3 Å². The van der Waals surface area contributed by atoms with Gasteiger partial charge in [-0.1, -0.05) is 53.4 Å². The van der Waals surface area contributed by atoms with Crippen LogP contribution in [0, 0.1) is 0 Å². The molecule has 16 heteroatoms. The van der Waals surface area contributed by atoms with Crippen LogP contribution >= 0.6 is 43.2 Å². The lowest BCUT2D eigenvalue weighted by atomic mass is 10.3. The third-order valence-electron chi connectivity index (χ3n) is 2.62. The van der Waals surface area contributed by atoms with Crippen LogP contribution < -0.4 is 0 Å². The van der Waals surface area contributed by atoms with Gasteiger partial charge in [-0.2, -0.15) is 0 Å². The molecule has 0 aliphatic rings. The minimum absolute atomic E-state index is 0.0949. The summed E-state index contributed by atoms with van der Waals surface area (Å²) < 4.78 is 38.8. The minimum atomic E-state index is -1.88. The van der Waals surface area contributed by atoms with Crippen LogP contribution in [-0.2, 0) is 22.2 Å². The van der Waals surface area contributed by atoms with Crippen molar-refractivity contribution in [3.8, 4) is 0 Å². The van der Waals surface area contributed by atoms with E-state index in [1.807, 2.05) is 0 Å². The van der Waals surface area contributed by atoms with E-state index in [-0.39, 0.29) is 23.6 Å². The molecule has 0 amide bonds. The van der Waals surface area contributed by atoms with Gasteiger partial charge in [-0.05, 0) is 23.9 Å². The smallest absolute Gasteiger partial charge is 0.152 e. The predicted molar refractivity (Wildman–Crippen MR) is 116 cm³/mol. The molecule has 0 aliphatic carbocycles. The Hall–Kier alpha value is 0.240. The maximum Gasteiger partial charge on any atom is 0.152 e. The van der Waals surface area contributed by atoms with E-state index in [9.17, 15) is 8.42 Å². The standard InChI is InChI=1S/C10H20N6O4S6/c11-15-13-9(1-5-25(17)18)7-23-21-3-4-22-24-8-10(14-16-12)2-6-26(19)20/h9-10H,1-8H2,(H,17,18)(H,19,20)/t9-,10-/m1/s1. The molecular formula is C10H20N6O4S6. The summed E-state index contributed by atoms with van der Waals surface area (Å²) in [6.07, 6.45) is 0.759. The maximum atomic E-state index is 10.7. The van der Waals surface area contributed by atoms with Gasteiger partial charge in [0.25, 0.3) is 0 Å². The summed E-state index contributed by atoms with van der Waals surface area (Å²) in [5, 5.41) is 7.24. The molecule has 0 saturated carbocycles. The summed E-state index contributed by atoms with van der Waals surface area (Å²) in [5.41, 5.74) is 17.0. The Kier molecular flexibility index (Phi) is 18.8. The SMILES string of the molecule is [N-]=[N+]=N[C@H](CCS(=O)O)CSSCCSSC[C@@H](CCS(=O)O)N=[N+]=[N-]. The van der Waals surface area contributed by atoms with E-state index in [1.54, 1.807) is 43.2 Å². The van der Waals surface area contributed by atoms with Crippen LogP contribution in [0.1, 0.15) is 12.8 Å². The number of rotatable bonds is 17. The van der Waals surface area contributed by atoms with Crippen LogP contribution in [0.5, 0.6) is 0 Å². The average Bonchev–Trinajstić information content (AvgIpc) is 2.59. The van der Waals surface area contributed by atoms with E-state index in [0.717, 1.165) is 11.5 Å². The van der Waals surface area contributed by atoms with E-state index in [2.05, 4.69) is 20.1 Å². The summed E-state index contributed by atoms with van der Waals surface area (Å²) in [7, 11) is 6.38. The highest BCUT2D eigenvalue weighted by Gasteiger charge is 2.10. The first-order valence-electron chi connectivity index (χ1n) is 7.21. The maximum absolute atomic E-state index is 10.7. The van der Waals surface area contributed by atoms with Gasteiger partial charge in [0.05, 0.1) is 0 Å². The summed E-state index contributed by atoms with van der Waals surface area (Å²) >= 11 is -3.76. The molecular weight excluding hydrogens is 461 g/mol. The van der Waals surface area contributed by atoms with Gasteiger partial charge < -0.3 is 9.11 Å². The van der Waals surface area contributed by atoms with Gasteiger partial charge >= 0.3 is 0 Å². The highest BCUT2D eigenvalue weighted by Crippen LogP contribution is 2.29. The molecule has 0 fully saturated rings. The lowest BCUT2D eigenvalue weighted by Crippen LogP contribution is -2.11. The first-order valence-corrected chi connectivity index (χ1v) is 14.7. The monoisotopic (exact) mass is 480 g/mol. The van der Waals surface area contributed by atoms with Crippen LogP contribution in [-0.4, -0.2) is 64.1 Å². The number of azide groups is 2. The summed E-state index contributed by atoms with van der Waals surface area (Å²) in [6.45, 7) is 0. The van der Waals surface area contributed by atoms with Crippen molar-refractivity contribution in [3.63, 3.8) is 0 Å². The fourth-order valence-electron chi connectivity index (χ4n) is 1.41. The molecule has 0 heterocycles. The molecule has 0 rings (SSSR count). The molecule has 10 nitrogen and oxygen atoms in total. The molecule has 0 aliphatic heterocycles. The zero-order valence-corrected chi connectivity index (χ0v) is 18.6. The average molecular weight is 481 g/mol. The molecule has 150 valence electrons. The Morgan fingerprint density at radius 3 is 1.50 bits per heavy atom. The van der Waals surface area contributed by atoms with Crippen molar-refractivity contribution in [1.82, 2.24) is 0 Å². The predicted octanol–water partition coefficient (Wildman–Crippen LogP) is 4.33. The van der Waals surface area contributed by atoms with Crippen molar-refractivity contribution in [2.24, 2.45) is 10.2 Å². The fraction of sp³-hybridized carbons (Fsp3) is 1.00. The first-order chi connectivity index (χ1) is 12.5. The van der Waals surface area contributed by atoms with Gasteiger partial charge in [-0.25, -0.2) is 8.42 Å². The molecule has 2 N–H and O–H groups in total. The van der Waals surface area contributed by atoms with Crippen molar-refractivity contribution in [2.75, 3.05) is 34.5 Å². The van der Waals surface area contributed by atoms with Gasteiger partial charge in [0.2, 0.25) is 0 Å². The molecule has 0 radical (unpaired) electrons. The molecule has 0 aromatic rings. The molecule has 0 spiro atoms. The normalized spacial score (nSPS) is 15.3. The second kappa shape index (κ2) is 18.6. The Bertz CT molecular complexity index is 484. The van der Waals surface area contributed by atoms with Crippen LogP contribution in [0.25, 0.3) is 20.9 Å². The highest BCUT2D eigenvalue weighted by atomic mass is 33.1. The Morgan fingerprint density at radius 2 is 1.19 bits per heavy atom. The summed E-state index contributed by atoms with van der Waals surface area (Å²) in [5.74, 6) is 3.09. The Morgan fingerprint density at radius 1 is 0.808 bits per heavy atom. The Labute approximate surface area is 172 Å². The zero-order valence-electron chi connectivity index (χ0n) is 13.7. The van der Waals surface area contributed by atoms with E-state index >= 15 is 0 Å². The van der Waals surface area contributed by atoms with Crippen LogP contribution in [0.3, 0.4) is 0 Å². The van der Waals surface area contributed by atoms with Gasteiger partial charge in [0, 0.05) is 56.4 Å². The lowest BCUT2D eigenvalue weighted by Gasteiger charge is -2.09. The molecule has 0 aromatic carbocycles. The molecule has 0 saturated heterocycles. The van der Waals surface area contributed by atoms with Crippen molar-refractivity contribution in [1.29, 1.82) is 0 Å². The summed E-state index contributed by atoms with van der Waals surface area (Å²) in [4.78, 5) is 5.51. The number of nitrogens with zero attached hydrogens (tertiary/aromatic N) is 6. The molecule has 0 bridgehead atoms. The lowest BCUT2D eigenvalue weighted by molar-refractivity contribution is 0.556. The third-order valence-corrected chi connectivity index (χ3v) is 8.98. The van der Waals surface area contributed by atoms with E-state index in [4.69, 9.17) is 20.2 Å². The molecule has 2 unspecified atom stereocenters.